The average molecular weight is 555 g/mol. The highest BCUT2D eigenvalue weighted by Crippen LogP contribution is 2.37. The van der Waals surface area contributed by atoms with Crippen molar-refractivity contribution in [2.24, 2.45) is 4.99 Å². The molecule has 5 rings (SSSR count). The summed E-state index contributed by atoms with van der Waals surface area (Å²) in [6.07, 6.45) is 1.77. The number of anilines is 1. The third kappa shape index (κ3) is 6.13. The molecule has 0 radical (unpaired) electrons. The summed E-state index contributed by atoms with van der Waals surface area (Å²) >= 11 is 1.29. The van der Waals surface area contributed by atoms with E-state index in [2.05, 4.69) is 0 Å². The number of carbonyl (C=O) groups is 1. The van der Waals surface area contributed by atoms with Crippen LogP contribution in [0.2, 0.25) is 0 Å². The van der Waals surface area contributed by atoms with Gasteiger partial charge in [0.05, 0.1) is 16.3 Å². The second-order valence-electron chi connectivity index (χ2n) is 9.24. The summed E-state index contributed by atoms with van der Waals surface area (Å²) in [4.78, 5) is 20.5. The normalized spacial score (nSPS) is 15.8. The van der Waals surface area contributed by atoms with Gasteiger partial charge in [0.1, 0.15) is 10.6 Å². The fraction of sp³-hybridized carbons (Fsp3) is 0.0968. The molecule has 0 saturated carbocycles. The first kappa shape index (κ1) is 26.5. The average Bonchev–Trinajstić information content (AvgIpc) is 3.21. The largest absolute Gasteiger partial charge is 0.379 e. The lowest BCUT2D eigenvalue weighted by molar-refractivity contribution is -0.113. The summed E-state index contributed by atoms with van der Waals surface area (Å²) in [6.45, 7) is 5.89. The van der Waals surface area contributed by atoms with E-state index in [1.807, 2.05) is 69.3 Å². The third-order valence-electron chi connectivity index (χ3n) is 6.05. The van der Waals surface area contributed by atoms with Gasteiger partial charge in [0.2, 0.25) is 0 Å². The zero-order valence-electron chi connectivity index (χ0n) is 21.7. The van der Waals surface area contributed by atoms with Crippen LogP contribution >= 0.6 is 11.8 Å². The van der Waals surface area contributed by atoms with Gasteiger partial charge >= 0.3 is 10.1 Å². The maximum Gasteiger partial charge on any atom is 0.339 e. The molecule has 8 heteroatoms. The van der Waals surface area contributed by atoms with Crippen LogP contribution < -0.4 is 9.08 Å². The number of hydrogen-bond acceptors (Lipinski definition) is 6. The van der Waals surface area contributed by atoms with Gasteiger partial charge in [-0.1, -0.05) is 65.2 Å². The minimum absolute atomic E-state index is 0.0869. The van der Waals surface area contributed by atoms with E-state index in [-0.39, 0.29) is 16.6 Å². The molecular weight excluding hydrogens is 528 g/mol. The molecule has 1 saturated heterocycles. The first-order valence-corrected chi connectivity index (χ1v) is 14.5. The van der Waals surface area contributed by atoms with E-state index in [1.54, 1.807) is 47.4 Å². The number of aliphatic imine (C=N–C) groups is 1. The Hall–Kier alpha value is -4.14. The number of amidine groups is 1. The summed E-state index contributed by atoms with van der Waals surface area (Å²) in [5.41, 5.74) is 5.40. The monoisotopic (exact) mass is 554 g/mol. The van der Waals surface area contributed by atoms with Crippen molar-refractivity contribution >= 4 is 50.4 Å². The van der Waals surface area contributed by atoms with Crippen LogP contribution in [0.1, 0.15) is 22.3 Å². The molecule has 0 aromatic heterocycles. The first-order chi connectivity index (χ1) is 18.7. The van der Waals surface area contributed by atoms with Crippen molar-refractivity contribution in [1.29, 1.82) is 0 Å². The minimum Gasteiger partial charge on any atom is -0.379 e. The Labute approximate surface area is 232 Å². The zero-order chi connectivity index (χ0) is 27.6. The fourth-order valence-electron chi connectivity index (χ4n) is 3.85. The van der Waals surface area contributed by atoms with Gasteiger partial charge in [0.25, 0.3) is 5.91 Å². The van der Waals surface area contributed by atoms with Crippen LogP contribution in [0.4, 0.5) is 11.4 Å². The van der Waals surface area contributed by atoms with Crippen LogP contribution in [0.25, 0.3) is 6.08 Å². The molecule has 0 bridgehead atoms. The van der Waals surface area contributed by atoms with Crippen molar-refractivity contribution < 1.29 is 17.4 Å². The molecule has 0 aliphatic carbocycles. The number of thioether (sulfide) groups is 1. The van der Waals surface area contributed by atoms with E-state index in [0.29, 0.717) is 10.1 Å². The predicted molar refractivity (Wildman–Crippen MR) is 158 cm³/mol. The molecule has 4 aromatic rings. The lowest BCUT2D eigenvalue weighted by atomic mass is 10.2. The van der Waals surface area contributed by atoms with Gasteiger partial charge in [0, 0.05) is 0 Å². The summed E-state index contributed by atoms with van der Waals surface area (Å²) in [5.74, 6) is 0.00280. The number of hydrogen-bond donors (Lipinski definition) is 0. The molecule has 1 aliphatic rings. The fourth-order valence-corrected chi connectivity index (χ4v) is 5.78. The number of nitrogens with zero attached hydrogens (tertiary/aromatic N) is 2. The molecule has 196 valence electrons. The molecule has 0 spiro atoms. The van der Waals surface area contributed by atoms with Crippen LogP contribution in [0.15, 0.2) is 112 Å². The number of carbonyl (C=O) groups excluding carboxylic acids is 1. The van der Waals surface area contributed by atoms with E-state index in [9.17, 15) is 13.2 Å². The van der Waals surface area contributed by atoms with Gasteiger partial charge in [-0.3, -0.25) is 9.69 Å². The van der Waals surface area contributed by atoms with Crippen LogP contribution in [0.5, 0.6) is 5.75 Å². The Morgan fingerprint density at radius 2 is 1.28 bits per heavy atom. The lowest BCUT2D eigenvalue weighted by Gasteiger charge is -2.16. The van der Waals surface area contributed by atoms with E-state index in [0.717, 1.165) is 33.6 Å². The second kappa shape index (κ2) is 10.9. The Bertz CT molecular complexity index is 1670. The number of aryl methyl sites for hydroxylation is 3. The summed E-state index contributed by atoms with van der Waals surface area (Å²) in [5, 5.41) is 0.558. The SMILES string of the molecule is Cc1ccc(N=C2S/C(=C\c3ccc(OS(=O)(=O)c4ccc(C)cc4)cc3)C(=O)N2c2ccc(C)cc2)cc1. The summed E-state index contributed by atoms with van der Waals surface area (Å²) < 4.78 is 30.5. The molecule has 1 amide bonds. The molecule has 0 N–H and O–H groups in total. The van der Waals surface area contributed by atoms with Crippen molar-refractivity contribution in [2.75, 3.05) is 4.90 Å². The highest BCUT2D eigenvalue weighted by atomic mass is 32.2. The van der Waals surface area contributed by atoms with Gasteiger partial charge in [-0.2, -0.15) is 8.42 Å². The van der Waals surface area contributed by atoms with E-state index in [4.69, 9.17) is 9.18 Å². The summed E-state index contributed by atoms with van der Waals surface area (Å²) in [7, 11) is -3.95. The van der Waals surface area contributed by atoms with Gasteiger partial charge in [0.15, 0.2) is 5.17 Å². The molecule has 0 atom stereocenters. The molecule has 0 unspecified atom stereocenters. The lowest BCUT2D eigenvalue weighted by Crippen LogP contribution is -2.28. The maximum atomic E-state index is 13.5. The van der Waals surface area contributed by atoms with E-state index in [1.165, 1.54) is 23.9 Å². The minimum atomic E-state index is -3.95. The van der Waals surface area contributed by atoms with Crippen LogP contribution in [0, 0.1) is 20.8 Å². The number of rotatable bonds is 6. The molecule has 1 aliphatic heterocycles. The van der Waals surface area contributed by atoms with E-state index >= 15 is 0 Å². The predicted octanol–water partition coefficient (Wildman–Crippen LogP) is 7.19. The Morgan fingerprint density at radius 3 is 1.87 bits per heavy atom. The smallest absolute Gasteiger partial charge is 0.339 e. The van der Waals surface area contributed by atoms with Crippen molar-refractivity contribution in [3.63, 3.8) is 0 Å². The van der Waals surface area contributed by atoms with Gasteiger partial charge in [-0.25, -0.2) is 4.99 Å². The molecule has 4 aromatic carbocycles. The van der Waals surface area contributed by atoms with Gasteiger partial charge in [-0.05, 0) is 92.7 Å². The molecule has 1 fully saturated rings. The van der Waals surface area contributed by atoms with Crippen LogP contribution in [0.3, 0.4) is 0 Å². The standard InChI is InChI=1S/C31H26N2O4S2/c1-21-4-12-25(13-5-21)32-31-33(26-14-6-22(2)7-15-26)30(34)29(38-31)20-24-10-16-27(17-11-24)37-39(35,36)28-18-8-23(3)9-19-28/h4-20H,1-3H3/b29-20-,32-31?. The third-order valence-corrected chi connectivity index (χ3v) is 8.28. The van der Waals surface area contributed by atoms with Gasteiger partial charge in [-0.15, -0.1) is 0 Å². The number of amides is 1. The highest BCUT2D eigenvalue weighted by molar-refractivity contribution is 8.19. The summed E-state index contributed by atoms with van der Waals surface area (Å²) in [6, 6.07) is 28.6. The molecule has 1 heterocycles. The van der Waals surface area contributed by atoms with Crippen molar-refractivity contribution in [3.05, 3.63) is 124 Å². The van der Waals surface area contributed by atoms with Crippen molar-refractivity contribution in [3.8, 4) is 5.75 Å². The Balaban J connectivity index is 1.41. The Kier molecular flexibility index (Phi) is 7.41. The molecule has 6 nitrogen and oxygen atoms in total. The van der Waals surface area contributed by atoms with Crippen LogP contribution in [-0.4, -0.2) is 19.5 Å². The zero-order valence-corrected chi connectivity index (χ0v) is 23.3. The molecular formula is C31H26N2O4S2. The Morgan fingerprint density at radius 1 is 0.744 bits per heavy atom. The topological polar surface area (TPSA) is 76.0 Å². The first-order valence-electron chi connectivity index (χ1n) is 12.3. The van der Waals surface area contributed by atoms with Crippen molar-refractivity contribution in [2.45, 2.75) is 25.7 Å². The van der Waals surface area contributed by atoms with Crippen molar-refractivity contribution in [1.82, 2.24) is 0 Å². The maximum absolute atomic E-state index is 13.5. The second-order valence-corrected chi connectivity index (χ2v) is 11.8. The van der Waals surface area contributed by atoms with Gasteiger partial charge < -0.3 is 4.18 Å². The van der Waals surface area contributed by atoms with E-state index < -0.39 is 10.1 Å². The quantitative estimate of drug-likeness (QED) is 0.186. The van der Waals surface area contributed by atoms with Crippen LogP contribution in [-0.2, 0) is 14.9 Å². The number of benzene rings is 4. The highest BCUT2D eigenvalue weighted by Gasteiger charge is 2.34. The molecule has 39 heavy (non-hydrogen) atoms.